The van der Waals surface area contributed by atoms with E-state index in [9.17, 15) is 8.42 Å². The number of guanidine groups is 1. The number of nitrogens with zero attached hydrogens (tertiary/aromatic N) is 3. The molecule has 0 aliphatic carbocycles. The van der Waals surface area contributed by atoms with Gasteiger partial charge >= 0.3 is 0 Å². The van der Waals surface area contributed by atoms with Gasteiger partial charge in [0.2, 0.25) is 10.0 Å². The predicted octanol–water partition coefficient (Wildman–Crippen LogP) is 0.291. The van der Waals surface area contributed by atoms with Crippen LogP contribution < -0.4 is 10.6 Å². The van der Waals surface area contributed by atoms with Gasteiger partial charge < -0.3 is 15.5 Å². The molecule has 2 saturated heterocycles. The molecule has 0 unspecified atom stereocenters. The fraction of sp³-hybridized carbons (Fsp3) is 0.929. The molecule has 0 bridgehead atoms. The Kier molecular flexibility index (Phi) is 9.71. The normalized spacial score (nSPS) is 22.6. The van der Waals surface area contributed by atoms with E-state index >= 15 is 0 Å². The van der Waals surface area contributed by atoms with Gasteiger partial charge in [0.15, 0.2) is 5.96 Å². The van der Waals surface area contributed by atoms with Crippen molar-refractivity contribution in [3.05, 3.63) is 0 Å². The van der Waals surface area contributed by atoms with Crippen molar-refractivity contribution in [2.45, 2.75) is 25.7 Å². The summed E-state index contributed by atoms with van der Waals surface area (Å²) in [5.41, 5.74) is 0. The molecule has 2 aliphatic heterocycles. The Morgan fingerprint density at radius 3 is 2.22 bits per heavy atom. The summed E-state index contributed by atoms with van der Waals surface area (Å²) in [7, 11) is -1.26. The Bertz CT molecular complexity index is 466. The molecule has 0 radical (unpaired) electrons. The Morgan fingerprint density at radius 1 is 1.00 bits per heavy atom. The predicted molar refractivity (Wildman–Crippen MR) is 105 cm³/mol. The maximum atomic E-state index is 11.7. The number of halogens is 1. The third-order valence-electron chi connectivity index (χ3n) is 4.25. The van der Waals surface area contributed by atoms with Crippen LogP contribution in [0.1, 0.15) is 25.7 Å². The van der Waals surface area contributed by atoms with Crippen molar-refractivity contribution >= 4 is 40.0 Å². The Balaban J connectivity index is 0.00000264. The molecular formula is C14H30IN5O2S. The highest BCUT2D eigenvalue weighted by Gasteiger charge is 2.27. The maximum absolute atomic E-state index is 11.7. The van der Waals surface area contributed by atoms with Gasteiger partial charge in [0.05, 0.1) is 5.75 Å². The van der Waals surface area contributed by atoms with Crippen LogP contribution in [0.15, 0.2) is 4.99 Å². The van der Waals surface area contributed by atoms with Crippen LogP contribution in [-0.4, -0.2) is 82.2 Å². The smallest absolute Gasteiger partial charge is 0.214 e. The van der Waals surface area contributed by atoms with Crippen molar-refractivity contribution in [3.8, 4) is 0 Å². The maximum Gasteiger partial charge on any atom is 0.214 e. The van der Waals surface area contributed by atoms with E-state index in [1.54, 1.807) is 11.4 Å². The molecule has 0 atom stereocenters. The standard InChI is InChI=1S/C14H29N5O2S.HI/c1-15-14(16-6-11-18-8-3-2-4-9-18)17-7-12-19-10-5-13-22(19,20)21;/h2-13H2,1H3,(H2,15,16,17);1H. The van der Waals surface area contributed by atoms with Gasteiger partial charge in [0.1, 0.15) is 0 Å². The lowest BCUT2D eigenvalue weighted by Gasteiger charge is -2.26. The van der Waals surface area contributed by atoms with E-state index in [0.717, 1.165) is 25.5 Å². The summed E-state index contributed by atoms with van der Waals surface area (Å²) in [6.45, 7) is 6.02. The Hall–Kier alpha value is -0.130. The van der Waals surface area contributed by atoms with E-state index in [-0.39, 0.29) is 29.7 Å². The molecule has 0 aromatic rings. The molecule has 23 heavy (non-hydrogen) atoms. The number of piperidine rings is 1. The van der Waals surface area contributed by atoms with Crippen LogP contribution in [0.25, 0.3) is 0 Å². The number of sulfonamides is 1. The van der Waals surface area contributed by atoms with Crippen molar-refractivity contribution in [1.29, 1.82) is 0 Å². The van der Waals surface area contributed by atoms with Gasteiger partial charge in [-0.25, -0.2) is 12.7 Å². The van der Waals surface area contributed by atoms with Crippen LogP contribution in [0.4, 0.5) is 0 Å². The minimum absolute atomic E-state index is 0. The first-order valence-corrected chi connectivity index (χ1v) is 9.87. The summed E-state index contributed by atoms with van der Waals surface area (Å²) in [4.78, 5) is 6.65. The molecule has 0 spiro atoms. The second kappa shape index (κ2) is 10.7. The molecule has 2 aliphatic rings. The zero-order chi connectivity index (χ0) is 15.8. The first-order valence-electron chi connectivity index (χ1n) is 8.26. The first kappa shape index (κ1) is 20.9. The highest BCUT2D eigenvalue weighted by molar-refractivity contribution is 14.0. The van der Waals surface area contributed by atoms with E-state index < -0.39 is 10.0 Å². The van der Waals surface area contributed by atoms with E-state index in [1.165, 1.54) is 32.4 Å². The molecular weight excluding hydrogens is 429 g/mol. The number of rotatable bonds is 6. The van der Waals surface area contributed by atoms with Crippen LogP contribution in [0.5, 0.6) is 0 Å². The zero-order valence-corrected chi connectivity index (χ0v) is 17.1. The van der Waals surface area contributed by atoms with Gasteiger partial charge in [-0.05, 0) is 32.4 Å². The number of likely N-dealkylation sites (tertiary alicyclic amines) is 1. The summed E-state index contributed by atoms with van der Waals surface area (Å²) in [5, 5.41) is 6.48. The number of hydrogen-bond acceptors (Lipinski definition) is 4. The minimum atomic E-state index is -3.00. The average Bonchev–Trinajstić information content (AvgIpc) is 2.85. The molecule has 2 heterocycles. The molecule has 136 valence electrons. The monoisotopic (exact) mass is 459 g/mol. The van der Waals surface area contributed by atoms with Crippen molar-refractivity contribution < 1.29 is 8.42 Å². The van der Waals surface area contributed by atoms with Gasteiger partial charge in [0, 0.05) is 39.8 Å². The summed E-state index contributed by atoms with van der Waals surface area (Å²) in [6.07, 6.45) is 4.70. The van der Waals surface area contributed by atoms with Crippen molar-refractivity contribution in [2.75, 3.05) is 58.6 Å². The third-order valence-corrected chi connectivity index (χ3v) is 6.21. The summed E-state index contributed by atoms with van der Waals surface area (Å²) in [5.74, 6) is 1.03. The van der Waals surface area contributed by atoms with Crippen LogP contribution in [0, 0.1) is 0 Å². The second-order valence-electron chi connectivity index (χ2n) is 5.90. The quantitative estimate of drug-likeness (QED) is 0.339. The fourth-order valence-electron chi connectivity index (χ4n) is 2.98. The molecule has 2 rings (SSSR count). The molecule has 0 aromatic carbocycles. The van der Waals surface area contributed by atoms with Crippen LogP contribution in [-0.2, 0) is 10.0 Å². The minimum Gasteiger partial charge on any atom is -0.355 e. The third kappa shape index (κ3) is 7.10. The number of nitrogens with one attached hydrogen (secondary N) is 2. The topological polar surface area (TPSA) is 77.0 Å². The number of aliphatic imine (C=N–C) groups is 1. The number of hydrogen-bond donors (Lipinski definition) is 2. The Labute approximate surface area is 157 Å². The highest BCUT2D eigenvalue weighted by atomic mass is 127. The van der Waals surface area contributed by atoms with Crippen molar-refractivity contribution in [2.24, 2.45) is 4.99 Å². The van der Waals surface area contributed by atoms with Gasteiger partial charge in [-0.15, -0.1) is 24.0 Å². The van der Waals surface area contributed by atoms with E-state index in [1.807, 2.05) is 0 Å². The van der Waals surface area contributed by atoms with Crippen molar-refractivity contribution in [3.63, 3.8) is 0 Å². The molecule has 7 nitrogen and oxygen atoms in total. The van der Waals surface area contributed by atoms with Gasteiger partial charge in [-0.3, -0.25) is 4.99 Å². The largest absolute Gasteiger partial charge is 0.355 e. The lowest BCUT2D eigenvalue weighted by atomic mass is 10.1. The Morgan fingerprint density at radius 2 is 1.65 bits per heavy atom. The molecule has 9 heteroatoms. The van der Waals surface area contributed by atoms with E-state index in [0.29, 0.717) is 19.6 Å². The van der Waals surface area contributed by atoms with E-state index in [2.05, 4.69) is 20.5 Å². The van der Waals surface area contributed by atoms with Crippen LogP contribution in [0.2, 0.25) is 0 Å². The molecule has 0 saturated carbocycles. The van der Waals surface area contributed by atoms with E-state index in [4.69, 9.17) is 0 Å². The summed E-state index contributed by atoms with van der Waals surface area (Å²) in [6, 6.07) is 0. The molecule has 2 N–H and O–H groups in total. The lowest BCUT2D eigenvalue weighted by Crippen LogP contribution is -2.44. The van der Waals surface area contributed by atoms with Gasteiger partial charge in [-0.2, -0.15) is 0 Å². The van der Waals surface area contributed by atoms with Gasteiger partial charge in [0.25, 0.3) is 0 Å². The lowest BCUT2D eigenvalue weighted by molar-refractivity contribution is 0.232. The molecule has 0 amide bonds. The zero-order valence-electron chi connectivity index (χ0n) is 14.0. The van der Waals surface area contributed by atoms with Gasteiger partial charge in [-0.1, -0.05) is 6.42 Å². The highest BCUT2D eigenvalue weighted by Crippen LogP contribution is 2.11. The average molecular weight is 459 g/mol. The second-order valence-corrected chi connectivity index (χ2v) is 7.99. The summed E-state index contributed by atoms with van der Waals surface area (Å²) >= 11 is 0. The fourth-order valence-corrected chi connectivity index (χ4v) is 4.51. The van der Waals surface area contributed by atoms with Crippen LogP contribution in [0.3, 0.4) is 0 Å². The molecule has 0 aromatic heterocycles. The first-order chi connectivity index (χ1) is 10.6. The van der Waals surface area contributed by atoms with Crippen molar-refractivity contribution in [1.82, 2.24) is 19.8 Å². The molecule has 2 fully saturated rings. The SMILES string of the molecule is CN=C(NCCN1CCCCC1)NCCN1CCCS1(=O)=O.I. The summed E-state index contributed by atoms with van der Waals surface area (Å²) < 4.78 is 25.0. The van der Waals surface area contributed by atoms with Crippen LogP contribution >= 0.6 is 24.0 Å².